The number of carbonyl (C=O) groups excluding carboxylic acids is 1. The van der Waals surface area contributed by atoms with E-state index in [1.807, 2.05) is 6.92 Å². The normalized spacial score (nSPS) is 10.4. The summed E-state index contributed by atoms with van der Waals surface area (Å²) in [5.74, 6) is -0.0377. The molecular weight excluding hydrogens is 337 g/mol. The van der Waals surface area contributed by atoms with Crippen molar-refractivity contribution in [2.75, 3.05) is 12.3 Å². The molecule has 2 rings (SSSR count). The van der Waals surface area contributed by atoms with Crippen molar-refractivity contribution < 1.29 is 13.9 Å². The zero-order chi connectivity index (χ0) is 15.4. The summed E-state index contributed by atoms with van der Waals surface area (Å²) >= 11 is 3.38. The SMILES string of the molecule is CCCOc1ccc(C(=O)c2ccc(F)cc2N)cc1Br. The number of benzene rings is 2. The van der Waals surface area contributed by atoms with Gasteiger partial charge in [0.1, 0.15) is 11.6 Å². The van der Waals surface area contributed by atoms with Crippen LogP contribution in [0.3, 0.4) is 0 Å². The standard InChI is InChI=1S/C16H15BrFNO2/c1-2-7-21-15-6-3-10(8-13(15)17)16(20)12-5-4-11(18)9-14(12)19/h3-6,8-9H,2,7,19H2,1H3. The minimum absolute atomic E-state index is 0.127. The van der Waals surface area contributed by atoms with E-state index in [1.165, 1.54) is 12.1 Å². The summed E-state index contributed by atoms with van der Waals surface area (Å²) in [4.78, 5) is 12.4. The van der Waals surface area contributed by atoms with Crippen LogP contribution in [-0.2, 0) is 0 Å². The van der Waals surface area contributed by atoms with Crippen molar-refractivity contribution in [2.24, 2.45) is 0 Å². The molecule has 0 unspecified atom stereocenters. The molecule has 110 valence electrons. The van der Waals surface area contributed by atoms with E-state index in [0.29, 0.717) is 22.4 Å². The fourth-order valence-electron chi connectivity index (χ4n) is 1.87. The monoisotopic (exact) mass is 351 g/mol. The number of carbonyl (C=O) groups is 1. The molecule has 0 fully saturated rings. The summed E-state index contributed by atoms with van der Waals surface area (Å²) < 4.78 is 19.3. The van der Waals surface area contributed by atoms with E-state index in [9.17, 15) is 9.18 Å². The van der Waals surface area contributed by atoms with Gasteiger partial charge in [0.05, 0.1) is 11.1 Å². The molecule has 0 heterocycles. The average molecular weight is 352 g/mol. The lowest BCUT2D eigenvalue weighted by Crippen LogP contribution is -2.06. The molecule has 0 aliphatic heterocycles. The number of rotatable bonds is 5. The van der Waals surface area contributed by atoms with Crippen LogP contribution in [0.15, 0.2) is 40.9 Å². The Balaban J connectivity index is 2.29. The van der Waals surface area contributed by atoms with Gasteiger partial charge in [0, 0.05) is 16.8 Å². The third-order valence-corrected chi connectivity index (χ3v) is 3.53. The molecule has 3 nitrogen and oxygen atoms in total. The highest BCUT2D eigenvalue weighted by atomic mass is 79.9. The molecule has 0 amide bonds. The number of halogens is 2. The van der Waals surface area contributed by atoms with Crippen molar-refractivity contribution >= 4 is 27.4 Å². The minimum atomic E-state index is -0.464. The third kappa shape index (κ3) is 3.61. The molecule has 0 aliphatic carbocycles. The van der Waals surface area contributed by atoms with Gasteiger partial charge in [-0.1, -0.05) is 6.92 Å². The Morgan fingerprint density at radius 1 is 1.29 bits per heavy atom. The molecular formula is C16H15BrFNO2. The molecule has 5 heteroatoms. The Morgan fingerprint density at radius 3 is 2.67 bits per heavy atom. The van der Waals surface area contributed by atoms with Gasteiger partial charge in [-0.2, -0.15) is 0 Å². The van der Waals surface area contributed by atoms with Gasteiger partial charge < -0.3 is 10.5 Å². The van der Waals surface area contributed by atoms with Gasteiger partial charge in [-0.15, -0.1) is 0 Å². The predicted molar refractivity (Wildman–Crippen MR) is 84.2 cm³/mol. The molecule has 0 atom stereocenters. The largest absolute Gasteiger partial charge is 0.492 e. The second-order valence-corrected chi connectivity index (χ2v) is 5.41. The topological polar surface area (TPSA) is 52.3 Å². The minimum Gasteiger partial charge on any atom is -0.492 e. The summed E-state index contributed by atoms with van der Waals surface area (Å²) in [7, 11) is 0. The molecule has 0 saturated heterocycles. The number of ether oxygens (including phenoxy) is 1. The second-order valence-electron chi connectivity index (χ2n) is 4.55. The fraction of sp³-hybridized carbons (Fsp3) is 0.188. The Bertz CT molecular complexity index is 673. The van der Waals surface area contributed by atoms with Gasteiger partial charge in [-0.25, -0.2) is 4.39 Å². The molecule has 0 aromatic heterocycles. The van der Waals surface area contributed by atoms with Crippen LogP contribution in [0.1, 0.15) is 29.3 Å². The van der Waals surface area contributed by atoms with Crippen molar-refractivity contribution in [1.82, 2.24) is 0 Å². The van der Waals surface area contributed by atoms with E-state index < -0.39 is 5.82 Å². The first-order chi connectivity index (χ1) is 10.0. The Kier molecular flexibility index (Phi) is 4.96. The lowest BCUT2D eigenvalue weighted by Gasteiger charge is -2.09. The van der Waals surface area contributed by atoms with Crippen LogP contribution in [-0.4, -0.2) is 12.4 Å². The Morgan fingerprint density at radius 2 is 2.05 bits per heavy atom. The molecule has 0 radical (unpaired) electrons. The molecule has 0 spiro atoms. The zero-order valence-electron chi connectivity index (χ0n) is 11.5. The number of anilines is 1. The first-order valence-corrected chi connectivity index (χ1v) is 7.34. The number of hydrogen-bond donors (Lipinski definition) is 1. The van der Waals surface area contributed by atoms with Gasteiger partial charge in [0.2, 0.25) is 0 Å². The molecule has 2 aromatic carbocycles. The highest BCUT2D eigenvalue weighted by Gasteiger charge is 2.14. The van der Waals surface area contributed by atoms with Crippen molar-refractivity contribution in [3.05, 3.63) is 57.8 Å². The fourth-order valence-corrected chi connectivity index (χ4v) is 2.36. The Labute approximate surface area is 131 Å². The van der Waals surface area contributed by atoms with Crippen LogP contribution < -0.4 is 10.5 Å². The number of nitrogens with two attached hydrogens (primary N) is 1. The van der Waals surface area contributed by atoms with Crippen LogP contribution >= 0.6 is 15.9 Å². The molecule has 0 saturated carbocycles. The van der Waals surface area contributed by atoms with Gasteiger partial charge in [0.15, 0.2) is 5.78 Å². The maximum absolute atomic E-state index is 13.0. The van der Waals surface area contributed by atoms with E-state index >= 15 is 0 Å². The number of ketones is 1. The highest BCUT2D eigenvalue weighted by molar-refractivity contribution is 9.10. The molecule has 0 aliphatic rings. The first kappa shape index (κ1) is 15.5. The maximum atomic E-state index is 13.0. The number of nitrogen functional groups attached to an aromatic ring is 1. The molecule has 2 aromatic rings. The molecule has 21 heavy (non-hydrogen) atoms. The number of hydrogen-bond acceptors (Lipinski definition) is 3. The second kappa shape index (κ2) is 6.72. The predicted octanol–water partition coefficient (Wildman–Crippen LogP) is 4.19. The van der Waals surface area contributed by atoms with Gasteiger partial charge in [-0.05, 0) is 58.7 Å². The van der Waals surface area contributed by atoms with Gasteiger partial charge >= 0.3 is 0 Å². The third-order valence-electron chi connectivity index (χ3n) is 2.91. The summed E-state index contributed by atoms with van der Waals surface area (Å²) in [5.41, 5.74) is 6.57. The summed E-state index contributed by atoms with van der Waals surface area (Å²) in [6.45, 7) is 2.62. The van der Waals surface area contributed by atoms with Crippen molar-refractivity contribution in [1.29, 1.82) is 0 Å². The average Bonchev–Trinajstić information content (AvgIpc) is 2.45. The van der Waals surface area contributed by atoms with E-state index in [0.717, 1.165) is 12.5 Å². The smallest absolute Gasteiger partial charge is 0.195 e. The van der Waals surface area contributed by atoms with Crippen molar-refractivity contribution in [3.8, 4) is 5.75 Å². The van der Waals surface area contributed by atoms with Crippen LogP contribution in [0, 0.1) is 5.82 Å². The lowest BCUT2D eigenvalue weighted by molar-refractivity contribution is 0.103. The van der Waals surface area contributed by atoms with Gasteiger partial charge in [0.25, 0.3) is 0 Å². The van der Waals surface area contributed by atoms with Crippen molar-refractivity contribution in [3.63, 3.8) is 0 Å². The maximum Gasteiger partial charge on any atom is 0.195 e. The zero-order valence-corrected chi connectivity index (χ0v) is 13.1. The lowest BCUT2D eigenvalue weighted by atomic mass is 10.0. The molecule has 2 N–H and O–H groups in total. The first-order valence-electron chi connectivity index (χ1n) is 6.55. The van der Waals surface area contributed by atoms with E-state index in [2.05, 4.69) is 15.9 Å². The Hall–Kier alpha value is -1.88. The van der Waals surface area contributed by atoms with E-state index in [-0.39, 0.29) is 17.0 Å². The van der Waals surface area contributed by atoms with Crippen LogP contribution in [0.4, 0.5) is 10.1 Å². The van der Waals surface area contributed by atoms with Crippen molar-refractivity contribution in [2.45, 2.75) is 13.3 Å². The van der Waals surface area contributed by atoms with Crippen LogP contribution in [0.2, 0.25) is 0 Å². The van der Waals surface area contributed by atoms with Crippen LogP contribution in [0.25, 0.3) is 0 Å². The summed E-state index contributed by atoms with van der Waals surface area (Å²) in [5, 5.41) is 0. The van der Waals surface area contributed by atoms with E-state index in [1.54, 1.807) is 18.2 Å². The summed E-state index contributed by atoms with van der Waals surface area (Å²) in [6.07, 6.45) is 0.902. The van der Waals surface area contributed by atoms with Gasteiger partial charge in [-0.3, -0.25) is 4.79 Å². The molecule has 0 bridgehead atoms. The summed E-state index contributed by atoms with van der Waals surface area (Å²) in [6, 6.07) is 8.82. The van der Waals surface area contributed by atoms with Crippen LogP contribution in [0.5, 0.6) is 5.75 Å². The highest BCUT2D eigenvalue weighted by Crippen LogP contribution is 2.28. The quantitative estimate of drug-likeness (QED) is 0.649. The van der Waals surface area contributed by atoms with E-state index in [4.69, 9.17) is 10.5 Å².